The molecule has 4 atom stereocenters. The fourth-order valence-electron chi connectivity index (χ4n) is 2.93. The SMILES string of the molecule is CC1CCC2NC(=O)C(CN)CC2C1. The highest BCUT2D eigenvalue weighted by molar-refractivity contribution is 5.80. The number of carbonyl (C=O) groups is 1. The fourth-order valence-corrected chi connectivity index (χ4v) is 2.93. The molecule has 2 rings (SSSR count). The van der Waals surface area contributed by atoms with Gasteiger partial charge in [0, 0.05) is 12.6 Å². The molecule has 0 aromatic carbocycles. The Bertz CT molecular complexity index is 229. The van der Waals surface area contributed by atoms with E-state index in [1.54, 1.807) is 0 Å². The highest BCUT2D eigenvalue weighted by Crippen LogP contribution is 2.35. The van der Waals surface area contributed by atoms with Gasteiger partial charge in [0.1, 0.15) is 0 Å². The summed E-state index contributed by atoms with van der Waals surface area (Å²) in [4.78, 5) is 11.6. The first-order chi connectivity index (χ1) is 6.70. The normalized spacial score (nSPS) is 42.9. The quantitative estimate of drug-likeness (QED) is 0.654. The molecule has 2 fully saturated rings. The predicted octanol–water partition coefficient (Wildman–Crippen LogP) is 0.886. The van der Waals surface area contributed by atoms with Gasteiger partial charge in [-0.05, 0) is 37.5 Å². The van der Waals surface area contributed by atoms with Crippen molar-refractivity contribution in [3.05, 3.63) is 0 Å². The molecule has 1 saturated heterocycles. The summed E-state index contributed by atoms with van der Waals surface area (Å²) in [6.45, 7) is 2.81. The highest BCUT2D eigenvalue weighted by atomic mass is 16.2. The van der Waals surface area contributed by atoms with Crippen LogP contribution in [0, 0.1) is 17.8 Å². The van der Waals surface area contributed by atoms with Crippen molar-refractivity contribution < 1.29 is 4.79 Å². The van der Waals surface area contributed by atoms with Crippen LogP contribution in [0.5, 0.6) is 0 Å². The highest BCUT2D eigenvalue weighted by Gasteiger charge is 2.37. The lowest BCUT2D eigenvalue weighted by Crippen LogP contribution is -2.53. The van der Waals surface area contributed by atoms with Crippen molar-refractivity contribution in [2.75, 3.05) is 6.54 Å². The number of hydrogen-bond donors (Lipinski definition) is 2. The number of fused-ring (bicyclic) bond motifs is 1. The second-order valence-corrected chi connectivity index (χ2v) is 4.96. The van der Waals surface area contributed by atoms with Crippen LogP contribution in [0.25, 0.3) is 0 Å². The van der Waals surface area contributed by atoms with Gasteiger partial charge in [-0.3, -0.25) is 4.79 Å². The number of nitrogens with one attached hydrogen (secondary N) is 1. The molecule has 1 aliphatic carbocycles. The maximum atomic E-state index is 11.6. The Hall–Kier alpha value is -0.570. The van der Waals surface area contributed by atoms with E-state index in [2.05, 4.69) is 12.2 Å². The Labute approximate surface area is 85.4 Å². The third kappa shape index (κ3) is 1.78. The van der Waals surface area contributed by atoms with Gasteiger partial charge in [0.25, 0.3) is 0 Å². The molecular weight excluding hydrogens is 176 g/mol. The van der Waals surface area contributed by atoms with Crippen LogP contribution >= 0.6 is 0 Å². The van der Waals surface area contributed by atoms with Crippen LogP contribution in [0.1, 0.15) is 32.6 Å². The van der Waals surface area contributed by atoms with E-state index in [9.17, 15) is 4.79 Å². The largest absolute Gasteiger partial charge is 0.353 e. The first kappa shape index (κ1) is 9.97. The second-order valence-electron chi connectivity index (χ2n) is 4.96. The van der Waals surface area contributed by atoms with Gasteiger partial charge >= 0.3 is 0 Å². The van der Waals surface area contributed by atoms with Crippen LogP contribution in [-0.4, -0.2) is 18.5 Å². The Morgan fingerprint density at radius 2 is 2.21 bits per heavy atom. The average Bonchev–Trinajstić information content (AvgIpc) is 2.17. The van der Waals surface area contributed by atoms with Crippen molar-refractivity contribution in [3.8, 4) is 0 Å². The van der Waals surface area contributed by atoms with Crippen LogP contribution in [0.3, 0.4) is 0 Å². The zero-order valence-electron chi connectivity index (χ0n) is 8.83. The molecule has 0 bridgehead atoms. The van der Waals surface area contributed by atoms with Gasteiger partial charge < -0.3 is 11.1 Å². The van der Waals surface area contributed by atoms with E-state index in [0.29, 0.717) is 18.5 Å². The van der Waals surface area contributed by atoms with Crippen molar-refractivity contribution in [1.82, 2.24) is 5.32 Å². The van der Waals surface area contributed by atoms with Gasteiger partial charge in [0.2, 0.25) is 5.91 Å². The van der Waals surface area contributed by atoms with E-state index >= 15 is 0 Å². The number of carbonyl (C=O) groups excluding carboxylic acids is 1. The van der Waals surface area contributed by atoms with Crippen molar-refractivity contribution in [2.45, 2.75) is 38.6 Å². The molecule has 0 spiro atoms. The minimum atomic E-state index is 0.0709. The molecule has 14 heavy (non-hydrogen) atoms. The fraction of sp³-hybridized carbons (Fsp3) is 0.909. The summed E-state index contributed by atoms with van der Waals surface area (Å²) < 4.78 is 0. The molecule has 0 radical (unpaired) electrons. The van der Waals surface area contributed by atoms with Gasteiger partial charge in [0.15, 0.2) is 0 Å². The van der Waals surface area contributed by atoms with E-state index in [0.717, 1.165) is 18.8 Å². The van der Waals surface area contributed by atoms with Crippen molar-refractivity contribution in [1.29, 1.82) is 0 Å². The third-order valence-electron chi connectivity index (χ3n) is 3.81. The third-order valence-corrected chi connectivity index (χ3v) is 3.81. The minimum absolute atomic E-state index is 0.0709. The molecule has 4 unspecified atom stereocenters. The Morgan fingerprint density at radius 1 is 1.43 bits per heavy atom. The Morgan fingerprint density at radius 3 is 2.93 bits per heavy atom. The molecule has 1 aliphatic heterocycles. The summed E-state index contributed by atoms with van der Waals surface area (Å²) in [5, 5.41) is 3.12. The van der Waals surface area contributed by atoms with Crippen molar-refractivity contribution >= 4 is 5.91 Å². The van der Waals surface area contributed by atoms with E-state index < -0.39 is 0 Å². The molecule has 1 heterocycles. The van der Waals surface area contributed by atoms with Crippen LogP contribution < -0.4 is 11.1 Å². The van der Waals surface area contributed by atoms with Gasteiger partial charge in [-0.25, -0.2) is 0 Å². The molecule has 0 aromatic heterocycles. The van der Waals surface area contributed by atoms with E-state index in [4.69, 9.17) is 5.73 Å². The summed E-state index contributed by atoms with van der Waals surface area (Å²) in [5.74, 6) is 1.76. The first-order valence-electron chi connectivity index (χ1n) is 5.71. The number of hydrogen-bond acceptors (Lipinski definition) is 2. The van der Waals surface area contributed by atoms with Crippen molar-refractivity contribution in [3.63, 3.8) is 0 Å². The predicted molar refractivity (Wildman–Crippen MR) is 55.6 cm³/mol. The second kappa shape index (κ2) is 3.89. The van der Waals surface area contributed by atoms with Crippen LogP contribution in [0.4, 0.5) is 0 Å². The summed E-state index contributed by atoms with van der Waals surface area (Å²) in [5.41, 5.74) is 5.59. The number of amides is 1. The van der Waals surface area contributed by atoms with Crippen molar-refractivity contribution in [2.24, 2.45) is 23.5 Å². The Kier molecular flexibility index (Phi) is 2.77. The minimum Gasteiger partial charge on any atom is -0.353 e. The molecule has 80 valence electrons. The maximum Gasteiger partial charge on any atom is 0.224 e. The summed E-state index contributed by atoms with van der Waals surface area (Å²) in [6, 6.07) is 0.446. The molecule has 3 nitrogen and oxygen atoms in total. The standard InChI is InChI=1S/C11H20N2O/c1-7-2-3-10-8(4-7)5-9(6-12)11(14)13-10/h7-10H,2-6,12H2,1H3,(H,13,14). The first-order valence-corrected chi connectivity index (χ1v) is 5.71. The lowest BCUT2D eigenvalue weighted by molar-refractivity contribution is -0.129. The average molecular weight is 196 g/mol. The van der Waals surface area contributed by atoms with E-state index in [1.807, 2.05) is 0 Å². The Balaban J connectivity index is 2.01. The van der Waals surface area contributed by atoms with Gasteiger partial charge in [-0.1, -0.05) is 6.92 Å². The molecular formula is C11H20N2O. The summed E-state index contributed by atoms with van der Waals surface area (Å²) in [6.07, 6.45) is 4.70. The maximum absolute atomic E-state index is 11.6. The zero-order valence-corrected chi connectivity index (χ0v) is 8.83. The summed E-state index contributed by atoms with van der Waals surface area (Å²) in [7, 11) is 0. The van der Waals surface area contributed by atoms with Gasteiger partial charge in [0.05, 0.1) is 5.92 Å². The smallest absolute Gasteiger partial charge is 0.224 e. The monoisotopic (exact) mass is 196 g/mol. The number of rotatable bonds is 1. The van der Waals surface area contributed by atoms with Crippen LogP contribution in [-0.2, 0) is 4.79 Å². The van der Waals surface area contributed by atoms with E-state index in [-0.39, 0.29) is 11.8 Å². The van der Waals surface area contributed by atoms with Gasteiger partial charge in [-0.2, -0.15) is 0 Å². The molecule has 2 aliphatic rings. The van der Waals surface area contributed by atoms with Gasteiger partial charge in [-0.15, -0.1) is 0 Å². The lowest BCUT2D eigenvalue weighted by atomic mass is 9.72. The van der Waals surface area contributed by atoms with E-state index in [1.165, 1.54) is 12.8 Å². The zero-order chi connectivity index (χ0) is 10.1. The number of piperidine rings is 1. The molecule has 1 saturated carbocycles. The summed E-state index contributed by atoms with van der Waals surface area (Å²) >= 11 is 0. The van der Waals surface area contributed by atoms with Crippen LogP contribution in [0.15, 0.2) is 0 Å². The molecule has 0 aromatic rings. The molecule has 1 amide bonds. The van der Waals surface area contributed by atoms with Crippen LogP contribution in [0.2, 0.25) is 0 Å². The number of nitrogens with two attached hydrogens (primary N) is 1. The topological polar surface area (TPSA) is 55.1 Å². The molecule has 3 heteroatoms. The lowest BCUT2D eigenvalue weighted by Gasteiger charge is -2.41. The molecule has 3 N–H and O–H groups in total.